The van der Waals surface area contributed by atoms with E-state index in [1.54, 1.807) is 0 Å². The van der Waals surface area contributed by atoms with Gasteiger partial charge in [-0.3, -0.25) is 9.69 Å². The lowest BCUT2D eigenvalue weighted by molar-refractivity contribution is -0.127. The van der Waals surface area contributed by atoms with Crippen LogP contribution in [-0.2, 0) is 9.53 Å². The number of fused-ring (bicyclic) bond motifs is 1. The predicted molar refractivity (Wildman–Crippen MR) is 96.8 cm³/mol. The van der Waals surface area contributed by atoms with Gasteiger partial charge in [-0.2, -0.15) is 0 Å². The van der Waals surface area contributed by atoms with Crippen LogP contribution < -0.4 is 4.90 Å². The fraction of sp³-hybridized carbons (Fsp3) is 0.381. The number of hydrogen-bond donors (Lipinski definition) is 0. The van der Waals surface area contributed by atoms with Crippen LogP contribution in [0.4, 0.5) is 5.69 Å². The summed E-state index contributed by atoms with van der Waals surface area (Å²) in [5.41, 5.74) is 2.93. The van der Waals surface area contributed by atoms with E-state index in [4.69, 9.17) is 4.74 Å². The molecular weight excluding hydrogens is 298 g/mol. The number of nitrogens with zero attached hydrogens (tertiary/aromatic N) is 1. The van der Waals surface area contributed by atoms with Crippen molar-refractivity contribution in [2.24, 2.45) is 5.41 Å². The van der Waals surface area contributed by atoms with Crippen molar-refractivity contribution in [2.75, 3.05) is 4.90 Å². The summed E-state index contributed by atoms with van der Waals surface area (Å²) < 4.78 is 6.50. The van der Waals surface area contributed by atoms with Crippen molar-refractivity contribution < 1.29 is 9.53 Å². The van der Waals surface area contributed by atoms with Crippen molar-refractivity contribution >= 4 is 11.6 Å². The van der Waals surface area contributed by atoms with Crippen molar-refractivity contribution in [1.29, 1.82) is 0 Å². The first kappa shape index (κ1) is 16.7. The third-order valence-electron chi connectivity index (χ3n) is 4.39. The zero-order chi connectivity index (χ0) is 17.3. The topological polar surface area (TPSA) is 29.5 Å². The summed E-state index contributed by atoms with van der Waals surface area (Å²) in [6, 6.07) is 18.3. The molecule has 24 heavy (non-hydrogen) atoms. The number of carbonyl (C=O) groups is 1. The molecule has 126 valence electrons. The Morgan fingerprint density at radius 3 is 2.29 bits per heavy atom. The summed E-state index contributed by atoms with van der Waals surface area (Å²) in [5.74, 6) is 0.0916. The Kier molecular flexibility index (Phi) is 4.46. The summed E-state index contributed by atoms with van der Waals surface area (Å²) in [6.45, 7) is 8.24. The summed E-state index contributed by atoms with van der Waals surface area (Å²) in [5, 5.41) is 0. The lowest BCUT2D eigenvalue weighted by Crippen LogP contribution is -2.52. The summed E-state index contributed by atoms with van der Waals surface area (Å²) in [6.07, 6.45) is -0.00196. The van der Waals surface area contributed by atoms with E-state index in [0.717, 1.165) is 16.8 Å². The first-order valence-corrected chi connectivity index (χ1v) is 8.55. The van der Waals surface area contributed by atoms with Gasteiger partial charge in [-0.05, 0) is 11.6 Å². The highest BCUT2D eigenvalue weighted by atomic mass is 16.5. The highest BCUT2D eigenvalue weighted by molar-refractivity contribution is 5.95. The molecule has 1 aliphatic rings. The summed E-state index contributed by atoms with van der Waals surface area (Å²) in [4.78, 5) is 14.5. The van der Waals surface area contributed by atoms with Crippen LogP contribution in [0.3, 0.4) is 0 Å². The molecule has 0 spiro atoms. The molecule has 2 unspecified atom stereocenters. The fourth-order valence-electron chi connectivity index (χ4n) is 3.23. The van der Waals surface area contributed by atoms with Crippen LogP contribution in [-0.4, -0.2) is 12.1 Å². The zero-order valence-electron chi connectivity index (χ0n) is 14.8. The van der Waals surface area contributed by atoms with Gasteiger partial charge in [-0.1, -0.05) is 76.2 Å². The first-order chi connectivity index (χ1) is 11.4. The van der Waals surface area contributed by atoms with Gasteiger partial charge in [-0.15, -0.1) is 0 Å². The summed E-state index contributed by atoms with van der Waals surface area (Å²) >= 11 is 0. The van der Waals surface area contributed by atoms with Crippen LogP contribution in [0.15, 0.2) is 54.6 Å². The minimum absolute atomic E-state index is 0.0916. The number of carbonyl (C=O) groups excluding carboxylic acids is 1. The highest BCUT2D eigenvalue weighted by Crippen LogP contribution is 2.44. The maximum absolute atomic E-state index is 12.7. The molecule has 1 heterocycles. The van der Waals surface area contributed by atoms with Crippen molar-refractivity contribution in [3.63, 3.8) is 0 Å². The quantitative estimate of drug-likeness (QED) is 0.785. The largest absolute Gasteiger partial charge is 0.345 e. The molecule has 3 heteroatoms. The average Bonchev–Trinajstić information content (AvgIpc) is 2.59. The summed E-state index contributed by atoms with van der Waals surface area (Å²) in [7, 11) is 0. The number of rotatable bonds is 2. The van der Waals surface area contributed by atoms with E-state index in [1.165, 1.54) is 0 Å². The van der Waals surface area contributed by atoms with Crippen molar-refractivity contribution in [3.05, 3.63) is 65.7 Å². The molecule has 0 aromatic heterocycles. The van der Waals surface area contributed by atoms with Gasteiger partial charge in [0.05, 0.1) is 5.69 Å². The molecule has 3 nitrogen and oxygen atoms in total. The van der Waals surface area contributed by atoms with E-state index < -0.39 is 0 Å². The smallest absolute Gasteiger partial charge is 0.228 e. The van der Waals surface area contributed by atoms with Crippen molar-refractivity contribution in [1.82, 2.24) is 0 Å². The third-order valence-corrected chi connectivity index (χ3v) is 4.39. The second kappa shape index (κ2) is 6.40. The van der Waals surface area contributed by atoms with Crippen molar-refractivity contribution in [3.8, 4) is 0 Å². The van der Waals surface area contributed by atoms with E-state index in [2.05, 4.69) is 39.0 Å². The van der Waals surface area contributed by atoms with Crippen LogP contribution in [0, 0.1) is 5.41 Å². The van der Waals surface area contributed by atoms with Gasteiger partial charge >= 0.3 is 0 Å². The van der Waals surface area contributed by atoms with Gasteiger partial charge in [0, 0.05) is 17.4 Å². The molecule has 0 fully saturated rings. The van der Waals surface area contributed by atoms with Crippen molar-refractivity contribution in [2.45, 2.75) is 46.4 Å². The van der Waals surface area contributed by atoms with Crippen LogP contribution in [0.2, 0.25) is 0 Å². The van der Waals surface area contributed by atoms with Gasteiger partial charge in [0.15, 0.2) is 0 Å². The molecule has 0 saturated heterocycles. The normalized spacial score (nSPS) is 20.6. The van der Waals surface area contributed by atoms with Gasteiger partial charge in [-0.25, -0.2) is 0 Å². The molecule has 2 aromatic carbocycles. The molecule has 1 aliphatic heterocycles. The molecule has 0 aliphatic carbocycles. The number of amides is 1. The molecule has 0 saturated carbocycles. The maximum atomic E-state index is 12.7. The van der Waals surface area contributed by atoms with Gasteiger partial charge in [0.25, 0.3) is 0 Å². The SMILES string of the molecule is CCC(=O)N1c2ccccc2C(c2ccccc2)OC1C(C)(C)C. The lowest BCUT2D eigenvalue weighted by Gasteiger charge is -2.46. The number of anilines is 1. The monoisotopic (exact) mass is 323 g/mol. The molecule has 1 amide bonds. The Balaban J connectivity index is 2.16. The lowest BCUT2D eigenvalue weighted by atomic mass is 9.88. The Morgan fingerprint density at radius 1 is 1.04 bits per heavy atom. The minimum Gasteiger partial charge on any atom is -0.345 e. The van der Waals surface area contributed by atoms with Gasteiger partial charge in [0.2, 0.25) is 5.91 Å². The third kappa shape index (κ3) is 2.96. The average molecular weight is 323 g/mol. The van der Waals surface area contributed by atoms with E-state index in [9.17, 15) is 4.79 Å². The highest BCUT2D eigenvalue weighted by Gasteiger charge is 2.42. The molecule has 0 N–H and O–H groups in total. The fourth-order valence-corrected chi connectivity index (χ4v) is 3.23. The molecule has 2 aromatic rings. The van der Waals surface area contributed by atoms with Crippen LogP contribution in [0.5, 0.6) is 0 Å². The zero-order valence-corrected chi connectivity index (χ0v) is 14.8. The van der Waals surface area contributed by atoms with Gasteiger partial charge < -0.3 is 4.74 Å². The van der Waals surface area contributed by atoms with E-state index in [1.807, 2.05) is 48.2 Å². The van der Waals surface area contributed by atoms with E-state index in [-0.39, 0.29) is 23.7 Å². The Bertz CT molecular complexity index is 718. The van der Waals surface area contributed by atoms with Crippen LogP contribution in [0.1, 0.15) is 51.3 Å². The first-order valence-electron chi connectivity index (χ1n) is 8.55. The standard InChI is InChI=1S/C21H25NO2/c1-5-18(23)22-17-14-10-9-13-16(17)19(15-11-7-6-8-12-15)24-20(22)21(2,3)4/h6-14,19-20H,5H2,1-4H3. The molecule has 3 rings (SSSR count). The number of hydrogen-bond acceptors (Lipinski definition) is 2. The predicted octanol–water partition coefficient (Wildman–Crippen LogP) is 4.92. The second-order valence-electron chi connectivity index (χ2n) is 7.32. The number of ether oxygens (including phenoxy) is 1. The number of para-hydroxylation sites is 1. The molecule has 2 atom stereocenters. The van der Waals surface area contributed by atoms with E-state index >= 15 is 0 Å². The molecular formula is C21H25NO2. The second-order valence-corrected chi connectivity index (χ2v) is 7.32. The van der Waals surface area contributed by atoms with Gasteiger partial charge in [0.1, 0.15) is 12.3 Å². The maximum Gasteiger partial charge on any atom is 0.228 e. The minimum atomic E-state index is -0.301. The van der Waals surface area contributed by atoms with Crippen LogP contribution in [0.25, 0.3) is 0 Å². The Labute approximate surface area is 144 Å². The molecule has 0 radical (unpaired) electrons. The Morgan fingerprint density at radius 2 is 1.67 bits per heavy atom. The Hall–Kier alpha value is -2.13. The number of benzene rings is 2. The van der Waals surface area contributed by atoms with E-state index in [0.29, 0.717) is 6.42 Å². The van der Waals surface area contributed by atoms with Crippen LogP contribution >= 0.6 is 0 Å². The molecule has 0 bridgehead atoms.